The normalized spacial score (nSPS) is 15.7. The van der Waals surface area contributed by atoms with Crippen molar-refractivity contribution in [1.82, 2.24) is 0 Å². The van der Waals surface area contributed by atoms with Gasteiger partial charge in [-0.3, -0.25) is 4.79 Å². The molecule has 1 aliphatic carbocycles. The van der Waals surface area contributed by atoms with E-state index in [9.17, 15) is 4.79 Å². The quantitative estimate of drug-likeness (QED) is 0.833. The van der Waals surface area contributed by atoms with E-state index < -0.39 is 5.91 Å². The fourth-order valence-corrected chi connectivity index (χ4v) is 4.20. The van der Waals surface area contributed by atoms with Gasteiger partial charge in [-0.1, -0.05) is 37.1 Å². The van der Waals surface area contributed by atoms with E-state index in [0.717, 1.165) is 36.8 Å². The first-order valence-electron chi connectivity index (χ1n) is 8.92. The third-order valence-corrected chi connectivity index (χ3v) is 5.53. The molecule has 0 unspecified atom stereocenters. The summed E-state index contributed by atoms with van der Waals surface area (Å²) in [6, 6.07) is 11.5. The van der Waals surface area contributed by atoms with Crippen molar-refractivity contribution in [3.8, 4) is 22.6 Å². The van der Waals surface area contributed by atoms with Crippen LogP contribution in [0.2, 0.25) is 0 Å². The molecule has 1 saturated carbocycles. The number of amides is 1. The summed E-state index contributed by atoms with van der Waals surface area (Å²) >= 11 is 0. The van der Waals surface area contributed by atoms with Gasteiger partial charge in [-0.15, -0.1) is 0 Å². The van der Waals surface area contributed by atoms with E-state index in [2.05, 4.69) is 6.07 Å². The molecule has 0 radical (unpaired) electrons. The van der Waals surface area contributed by atoms with Crippen LogP contribution < -0.4 is 20.9 Å². The number of nitrogens with two attached hydrogens (primary N) is 2. The van der Waals surface area contributed by atoms with Crippen LogP contribution >= 0.6 is 0 Å². The second kappa shape index (κ2) is 7.38. The molecule has 0 aromatic heterocycles. The fraction of sp³-hybridized carbons (Fsp3) is 0.381. The Hall–Kier alpha value is -2.53. The van der Waals surface area contributed by atoms with Crippen molar-refractivity contribution >= 4 is 5.91 Å². The summed E-state index contributed by atoms with van der Waals surface area (Å²) < 4.78 is 11.1. The van der Waals surface area contributed by atoms with E-state index >= 15 is 0 Å². The van der Waals surface area contributed by atoms with Crippen molar-refractivity contribution in [1.29, 1.82) is 0 Å². The van der Waals surface area contributed by atoms with Gasteiger partial charge in [0.25, 0.3) is 0 Å². The van der Waals surface area contributed by atoms with E-state index in [4.69, 9.17) is 20.9 Å². The van der Waals surface area contributed by atoms with E-state index in [1.54, 1.807) is 26.4 Å². The highest BCUT2D eigenvalue weighted by Gasteiger charge is 2.37. The fourth-order valence-electron chi connectivity index (χ4n) is 4.20. The first kappa shape index (κ1) is 18.3. The van der Waals surface area contributed by atoms with Crippen LogP contribution in [-0.4, -0.2) is 26.7 Å². The molecule has 0 atom stereocenters. The lowest BCUT2D eigenvalue weighted by Crippen LogP contribution is -2.32. The van der Waals surface area contributed by atoms with Crippen LogP contribution in [0.4, 0.5) is 0 Å². The zero-order chi connectivity index (χ0) is 18.7. The number of carbonyl (C=O) groups excluding carboxylic acids is 1. The average Bonchev–Trinajstić information content (AvgIpc) is 3.16. The number of hydrogen-bond donors (Lipinski definition) is 2. The molecule has 2 aromatic carbocycles. The van der Waals surface area contributed by atoms with Crippen molar-refractivity contribution in [3.63, 3.8) is 0 Å². The Morgan fingerprint density at radius 2 is 1.77 bits per heavy atom. The van der Waals surface area contributed by atoms with Gasteiger partial charge in [-0.2, -0.15) is 0 Å². The minimum atomic E-state index is -0.496. The molecule has 5 nitrogen and oxygen atoms in total. The van der Waals surface area contributed by atoms with Gasteiger partial charge >= 0.3 is 0 Å². The van der Waals surface area contributed by atoms with Crippen LogP contribution in [0.15, 0.2) is 36.4 Å². The monoisotopic (exact) mass is 354 g/mol. The Labute approximate surface area is 154 Å². The summed E-state index contributed by atoms with van der Waals surface area (Å²) in [6.07, 6.45) is 4.39. The topological polar surface area (TPSA) is 87.6 Å². The van der Waals surface area contributed by atoms with E-state index in [1.807, 2.05) is 18.2 Å². The molecule has 3 rings (SSSR count). The third-order valence-electron chi connectivity index (χ3n) is 5.53. The predicted octanol–water partition coefficient (Wildman–Crippen LogP) is 3.24. The minimum Gasteiger partial charge on any atom is -0.493 e. The van der Waals surface area contributed by atoms with Gasteiger partial charge in [0.2, 0.25) is 5.91 Å². The minimum absolute atomic E-state index is 0.0837. The standard InChI is InChI=1S/C21H26N2O3/c1-25-17-10-9-15(20(23)24)18(19(17)26-2)14-7-3-4-8-16(14)21(13-22)11-5-6-12-21/h3-4,7-10H,5-6,11-13,22H2,1-2H3,(H2,23,24). The highest BCUT2D eigenvalue weighted by atomic mass is 16.5. The molecule has 1 aliphatic rings. The van der Waals surface area contributed by atoms with Crippen molar-refractivity contribution in [2.45, 2.75) is 31.1 Å². The first-order valence-corrected chi connectivity index (χ1v) is 8.92. The molecular formula is C21H26N2O3. The lowest BCUT2D eigenvalue weighted by atomic mass is 9.75. The number of primary amides is 1. The van der Waals surface area contributed by atoms with Gasteiger partial charge in [0.05, 0.1) is 19.8 Å². The second-order valence-electron chi connectivity index (χ2n) is 6.83. The summed E-state index contributed by atoms with van der Waals surface area (Å²) in [5.41, 5.74) is 15.0. The molecule has 1 fully saturated rings. The number of carbonyl (C=O) groups is 1. The van der Waals surface area contributed by atoms with Gasteiger partial charge in [-0.25, -0.2) is 0 Å². The summed E-state index contributed by atoms with van der Waals surface area (Å²) in [4.78, 5) is 12.1. The summed E-state index contributed by atoms with van der Waals surface area (Å²) in [7, 11) is 3.15. The Balaban J connectivity index is 2.33. The smallest absolute Gasteiger partial charge is 0.249 e. The zero-order valence-electron chi connectivity index (χ0n) is 15.4. The lowest BCUT2D eigenvalue weighted by Gasteiger charge is -2.31. The predicted molar refractivity (Wildman–Crippen MR) is 103 cm³/mol. The van der Waals surface area contributed by atoms with Crippen molar-refractivity contribution < 1.29 is 14.3 Å². The number of ether oxygens (including phenoxy) is 2. The molecule has 0 bridgehead atoms. The van der Waals surface area contributed by atoms with Crippen LogP contribution in [0.25, 0.3) is 11.1 Å². The molecule has 1 amide bonds. The second-order valence-corrected chi connectivity index (χ2v) is 6.83. The average molecular weight is 354 g/mol. The van der Waals surface area contributed by atoms with Crippen LogP contribution in [0, 0.1) is 0 Å². The van der Waals surface area contributed by atoms with Gasteiger partial charge < -0.3 is 20.9 Å². The maximum atomic E-state index is 12.1. The Bertz CT molecular complexity index is 811. The van der Waals surface area contributed by atoms with E-state index in [-0.39, 0.29) is 5.41 Å². The number of benzene rings is 2. The Kier molecular flexibility index (Phi) is 5.18. The molecule has 0 aliphatic heterocycles. The molecule has 0 heterocycles. The van der Waals surface area contributed by atoms with Gasteiger partial charge in [-0.05, 0) is 36.1 Å². The van der Waals surface area contributed by atoms with Crippen LogP contribution in [0.3, 0.4) is 0 Å². The lowest BCUT2D eigenvalue weighted by molar-refractivity contribution is 0.100. The molecule has 0 spiro atoms. The molecule has 0 saturated heterocycles. The van der Waals surface area contributed by atoms with Crippen molar-refractivity contribution in [2.75, 3.05) is 20.8 Å². The Morgan fingerprint density at radius 1 is 1.08 bits per heavy atom. The zero-order valence-corrected chi connectivity index (χ0v) is 15.4. The van der Waals surface area contributed by atoms with Gasteiger partial charge in [0.1, 0.15) is 0 Å². The molecule has 4 N–H and O–H groups in total. The number of hydrogen-bond acceptors (Lipinski definition) is 4. The highest BCUT2D eigenvalue weighted by molar-refractivity contribution is 6.02. The van der Waals surface area contributed by atoms with E-state index in [0.29, 0.717) is 29.2 Å². The third kappa shape index (κ3) is 2.92. The summed E-state index contributed by atoms with van der Waals surface area (Å²) in [5, 5.41) is 0. The first-order chi connectivity index (χ1) is 12.6. The summed E-state index contributed by atoms with van der Waals surface area (Å²) in [5.74, 6) is 0.584. The van der Waals surface area contributed by atoms with Crippen LogP contribution in [0.5, 0.6) is 11.5 Å². The van der Waals surface area contributed by atoms with Crippen LogP contribution in [-0.2, 0) is 5.41 Å². The highest BCUT2D eigenvalue weighted by Crippen LogP contribution is 2.48. The Morgan fingerprint density at radius 3 is 2.35 bits per heavy atom. The molecular weight excluding hydrogens is 328 g/mol. The van der Waals surface area contributed by atoms with E-state index in [1.165, 1.54) is 0 Å². The maximum Gasteiger partial charge on any atom is 0.249 e. The number of rotatable bonds is 6. The van der Waals surface area contributed by atoms with Crippen molar-refractivity contribution in [2.24, 2.45) is 11.5 Å². The van der Waals surface area contributed by atoms with Crippen molar-refractivity contribution in [3.05, 3.63) is 47.5 Å². The molecule has 26 heavy (non-hydrogen) atoms. The van der Waals surface area contributed by atoms with Crippen LogP contribution in [0.1, 0.15) is 41.6 Å². The van der Waals surface area contributed by atoms with Gasteiger partial charge in [0, 0.05) is 17.5 Å². The summed E-state index contributed by atoms with van der Waals surface area (Å²) in [6.45, 7) is 0.572. The largest absolute Gasteiger partial charge is 0.493 e. The molecule has 138 valence electrons. The SMILES string of the molecule is COc1ccc(C(N)=O)c(-c2ccccc2C2(CN)CCCC2)c1OC. The molecule has 5 heteroatoms. The molecule has 2 aromatic rings. The maximum absolute atomic E-state index is 12.1. The van der Waals surface area contributed by atoms with Gasteiger partial charge in [0.15, 0.2) is 11.5 Å². The number of methoxy groups -OCH3 is 2.